The number of phenolic OH excluding ortho intramolecular Hbond substituents is 1. The molecule has 0 bridgehead atoms. The number of anilines is 1. The molecule has 0 spiro atoms. The molecule has 0 heterocycles. The van der Waals surface area contributed by atoms with Gasteiger partial charge in [-0.25, -0.2) is 4.79 Å². The molecular formula is C20H21NO7. The molecule has 0 unspecified atom stereocenters. The number of benzene rings is 2. The van der Waals surface area contributed by atoms with Crippen LogP contribution in [0.1, 0.15) is 45.7 Å². The number of carboxylic acids is 1. The van der Waals surface area contributed by atoms with Gasteiger partial charge in [0, 0.05) is 11.3 Å². The Bertz CT molecular complexity index is 921. The van der Waals surface area contributed by atoms with Crippen LogP contribution in [-0.4, -0.2) is 39.8 Å². The highest BCUT2D eigenvalue weighted by Crippen LogP contribution is 2.34. The first-order valence-electron chi connectivity index (χ1n) is 8.66. The summed E-state index contributed by atoms with van der Waals surface area (Å²) in [6.07, 6.45) is 0.115. The zero-order valence-corrected chi connectivity index (χ0v) is 15.5. The predicted octanol–water partition coefficient (Wildman–Crippen LogP) is 2.72. The standard InChI is InChI=1S/C20H21NO7/c1-3-12-15(22)10-13(20(26)27)18(24)17(12)19(25)21-14-8-6-5-7-11(14)9-16(23)28-4-2/h5-8,10,22,24H,3-4,9H2,1-2H3,(H,21,25)(H,26,27). The highest BCUT2D eigenvalue weighted by Gasteiger charge is 2.25. The number of nitrogens with one attached hydrogen (secondary N) is 1. The minimum Gasteiger partial charge on any atom is -0.508 e. The smallest absolute Gasteiger partial charge is 0.339 e. The number of hydrogen-bond acceptors (Lipinski definition) is 6. The Labute approximate surface area is 161 Å². The van der Waals surface area contributed by atoms with E-state index in [9.17, 15) is 29.7 Å². The van der Waals surface area contributed by atoms with Crippen LogP contribution in [0.5, 0.6) is 11.5 Å². The number of carbonyl (C=O) groups excluding carboxylic acids is 2. The van der Waals surface area contributed by atoms with E-state index in [1.165, 1.54) is 0 Å². The van der Waals surface area contributed by atoms with Crippen LogP contribution in [-0.2, 0) is 22.4 Å². The molecule has 0 saturated heterocycles. The van der Waals surface area contributed by atoms with Crippen molar-refractivity contribution >= 4 is 23.5 Å². The van der Waals surface area contributed by atoms with Gasteiger partial charge in [-0.05, 0) is 31.0 Å². The summed E-state index contributed by atoms with van der Waals surface area (Å²) >= 11 is 0. The van der Waals surface area contributed by atoms with Crippen molar-refractivity contribution in [2.24, 2.45) is 0 Å². The predicted molar refractivity (Wildman–Crippen MR) is 101 cm³/mol. The summed E-state index contributed by atoms with van der Waals surface area (Å²) in [5.74, 6) is -3.88. The van der Waals surface area contributed by atoms with E-state index >= 15 is 0 Å². The van der Waals surface area contributed by atoms with Crippen molar-refractivity contribution in [2.75, 3.05) is 11.9 Å². The highest BCUT2D eigenvalue weighted by molar-refractivity contribution is 6.10. The van der Waals surface area contributed by atoms with Gasteiger partial charge in [-0.15, -0.1) is 0 Å². The molecule has 2 aromatic rings. The molecule has 0 atom stereocenters. The minimum atomic E-state index is -1.48. The fraction of sp³-hybridized carbons (Fsp3) is 0.250. The van der Waals surface area contributed by atoms with E-state index in [0.717, 1.165) is 6.07 Å². The number of rotatable bonds is 7. The molecule has 2 aromatic carbocycles. The first kappa shape index (κ1) is 20.8. The second-order valence-electron chi connectivity index (χ2n) is 5.90. The summed E-state index contributed by atoms with van der Waals surface area (Å²) in [6.45, 7) is 3.56. The summed E-state index contributed by atoms with van der Waals surface area (Å²) < 4.78 is 4.91. The lowest BCUT2D eigenvalue weighted by Crippen LogP contribution is -2.18. The van der Waals surface area contributed by atoms with Gasteiger partial charge in [0.25, 0.3) is 5.91 Å². The summed E-state index contributed by atoms with van der Waals surface area (Å²) in [6, 6.07) is 7.45. The lowest BCUT2D eigenvalue weighted by Gasteiger charge is -2.16. The molecule has 2 rings (SSSR count). The van der Waals surface area contributed by atoms with Crippen LogP contribution in [0.2, 0.25) is 0 Å². The zero-order valence-electron chi connectivity index (χ0n) is 15.5. The molecule has 0 saturated carbocycles. The number of carboxylic acid groups (broad SMARTS) is 1. The number of amides is 1. The van der Waals surface area contributed by atoms with Gasteiger partial charge >= 0.3 is 11.9 Å². The largest absolute Gasteiger partial charge is 0.508 e. The maximum Gasteiger partial charge on any atom is 0.339 e. The number of esters is 1. The number of phenols is 2. The Morgan fingerprint density at radius 1 is 1.11 bits per heavy atom. The number of hydrogen-bond donors (Lipinski definition) is 4. The van der Waals surface area contributed by atoms with E-state index in [-0.39, 0.29) is 30.6 Å². The van der Waals surface area contributed by atoms with Gasteiger partial charge in [0.2, 0.25) is 0 Å². The van der Waals surface area contributed by atoms with Crippen molar-refractivity contribution in [1.82, 2.24) is 0 Å². The van der Waals surface area contributed by atoms with E-state index in [0.29, 0.717) is 11.3 Å². The SMILES string of the molecule is CCOC(=O)Cc1ccccc1NC(=O)c1c(O)c(C(=O)O)cc(O)c1CC. The lowest BCUT2D eigenvalue weighted by atomic mass is 9.97. The normalized spacial score (nSPS) is 10.4. The van der Waals surface area contributed by atoms with Crippen LogP contribution in [0.4, 0.5) is 5.69 Å². The molecule has 8 nitrogen and oxygen atoms in total. The van der Waals surface area contributed by atoms with Crippen molar-refractivity contribution in [1.29, 1.82) is 0 Å². The molecule has 0 aliphatic heterocycles. The number of aromatic hydroxyl groups is 2. The van der Waals surface area contributed by atoms with Crippen LogP contribution >= 0.6 is 0 Å². The van der Waals surface area contributed by atoms with Crippen LogP contribution < -0.4 is 5.32 Å². The Hall–Kier alpha value is -3.55. The number of aromatic carboxylic acids is 1. The minimum absolute atomic E-state index is 0.0721. The summed E-state index contributed by atoms with van der Waals surface area (Å²) in [5, 5.41) is 32.1. The summed E-state index contributed by atoms with van der Waals surface area (Å²) in [4.78, 5) is 35.9. The van der Waals surface area contributed by atoms with Crippen LogP contribution in [0.15, 0.2) is 30.3 Å². The van der Waals surface area contributed by atoms with Gasteiger partial charge in [-0.3, -0.25) is 9.59 Å². The first-order valence-corrected chi connectivity index (χ1v) is 8.66. The van der Waals surface area contributed by atoms with E-state index in [4.69, 9.17) is 4.74 Å². The quantitative estimate of drug-likeness (QED) is 0.424. The third kappa shape index (κ3) is 4.40. The third-order valence-electron chi connectivity index (χ3n) is 4.10. The lowest BCUT2D eigenvalue weighted by molar-refractivity contribution is -0.142. The van der Waals surface area contributed by atoms with Crippen LogP contribution in [0.3, 0.4) is 0 Å². The van der Waals surface area contributed by atoms with Crippen LogP contribution in [0, 0.1) is 0 Å². The van der Waals surface area contributed by atoms with Gasteiger partial charge in [0.05, 0.1) is 18.6 Å². The van der Waals surface area contributed by atoms with E-state index in [2.05, 4.69) is 5.32 Å². The van der Waals surface area contributed by atoms with Crippen molar-refractivity contribution in [3.05, 3.63) is 52.6 Å². The molecule has 0 aliphatic rings. The fourth-order valence-electron chi connectivity index (χ4n) is 2.81. The molecule has 0 aromatic heterocycles. The number of ether oxygens (including phenoxy) is 1. The number of para-hydroxylation sites is 1. The van der Waals surface area contributed by atoms with Gasteiger partial charge < -0.3 is 25.4 Å². The molecule has 0 fully saturated rings. The molecule has 28 heavy (non-hydrogen) atoms. The average molecular weight is 387 g/mol. The van der Waals surface area contributed by atoms with E-state index in [1.54, 1.807) is 38.1 Å². The zero-order chi connectivity index (χ0) is 20.8. The van der Waals surface area contributed by atoms with Gasteiger partial charge in [-0.1, -0.05) is 25.1 Å². The summed E-state index contributed by atoms with van der Waals surface area (Å²) in [5.41, 5.74) is 0.000966. The Morgan fingerprint density at radius 2 is 1.79 bits per heavy atom. The fourth-order valence-corrected chi connectivity index (χ4v) is 2.81. The Kier molecular flexibility index (Phi) is 6.59. The Balaban J connectivity index is 2.44. The molecule has 4 N–H and O–H groups in total. The van der Waals surface area contributed by atoms with Gasteiger partial charge in [-0.2, -0.15) is 0 Å². The molecule has 0 radical (unpaired) electrons. The van der Waals surface area contributed by atoms with Crippen molar-refractivity contribution in [2.45, 2.75) is 26.7 Å². The molecule has 0 aliphatic carbocycles. The Morgan fingerprint density at radius 3 is 2.39 bits per heavy atom. The van der Waals surface area contributed by atoms with Gasteiger partial charge in [0.15, 0.2) is 0 Å². The van der Waals surface area contributed by atoms with Gasteiger partial charge in [0.1, 0.15) is 17.1 Å². The topological polar surface area (TPSA) is 133 Å². The molecule has 1 amide bonds. The van der Waals surface area contributed by atoms with Crippen LogP contribution in [0.25, 0.3) is 0 Å². The van der Waals surface area contributed by atoms with E-state index < -0.39 is 34.9 Å². The highest BCUT2D eigenvalue weighted by atomic mass is 16.5. The number of carbonyl (C=O) groups is 3. The average Bonchev–Trinajstić information content (AvgIpc) is 2.64. The van der Waals surface area contributed by atoms with Crippen molar-refractivity contribution < 1.29 is 34.4 Å². The monoisotopic (exact) mass is 387 g/mol. The maximum atomic E-state index is 12.8. The third-order valence-corrected chi connectivity index (χ3v) is 4.10. The first-order chi connectivity index (χ1) is 13.3. The van der Waals surface area contributed by atoms with E-state index in [1.807, 2.05) is 0 Å². The second kappa shape index (κ2) is 8.90. The molecule has 8 heteroatoms. The van der Waals surface area contributed by atoms with Crippen molar-refractivity contribution in [3.63, 3.8) is 0 Å². The molecule has 148 valence electrons. The summed E-state index contributed by atoms with van der Waals surface area (Å²) in [7, 11) is 0. The van der Waals surface area contributed by atoms with Crippen molar-refractivity contribution in [3.8, 4) is 11.5 Å². The molecular weight excluding hydrogens is 366 g/mol. The second-order valence-corrected chi connectivity index (χ2v) is 5.90. The maximum absolute atomic E-state index is 12.8.